The van der Waals surface area contributed by atoms with E-state index < -0.39 is 65.1 Å². The summed E-state index contributed by atoms with van der Waals surface area (Å²) >= 11 is 1.42. The number of thioether (sulfide) groups is 1. The molecule has 1 aromatic heterocycles. The molecular formula is C37H43N7O5S. The summed E-state index contributed by atoms with van der Waals surface area (Å²) in [6.45, 7) is 3.28. The third-order valence-electron chi connectivity index (χ3n) is 8.73. The summed E-state index contributed by atoms with van der Waals surface area (Å²) in [5.41, 5.74) is 14.9. The molecule has 262 valence electrons. The number of primary amides is 1. The van der Waals surface area contributed by atoms with Crippen molar-refractivity contribution in [2.45, 2.75) is 62.1 Å². The number of carbonyl (C=O) groups excluding carboxylic acids is 5. The number of hydrogen-bond donors (Lipinski definition) is 6. The highest BCUT2D eigenvalue weighted by molar-refractivity contribution is 8.00. The molecule has 0 radical (unpaired) electrons. The molecule has 1 aliphatic rings. The van der Waals surface area contributed by atoms with Crippen molar-refractivity contribution < 1.29 is 24.0 Å². The van der Waals surface area contributed by atoms with Gasteiger partial charge in [0.25, 0.3) is 0 Å². The molecule has 12 nitrogen and oxygen atoms in total. The van der Waals surface area contributed by atoms with Gasteiger partial charge in [0.1, 0.15) is 18.1 Å². The largest absolute Gasteiger partial charge is 0.368 e. The molecule has 0 spiro atoms. The van der Waals surface area contributed by atoms with Crippen LogP contribution in [0.15, 0.2) is 91.1 Å². The first-order valence-corrected chi connectivity index (χ1v) is 17.4. The van der Waals surface area contributed by atoms with Crippen LogP contribution in [-0.2, 0) is 43.2 Å². The number of rotatable bonds is 14. The molecular weight excluding hydrogens is 655 g/mol. The Hall–Kier alpha value is -5.14. The van der Waals surface area contributed by atoms with Crippen LogP contribution >= 0.6 is 11.8 Å². The van der Waals surface area contributed by atoms with Crippen LogP contribution in [0.1, 0.15) is 30.5 Å². The predicted molar refractivity (Wildman–Crippen MR) is 194 cm³/mol. The zero-order valence-electron chi connectivity index (χ0n) is 28.1. The zero-order chi connectivity index (χ0) is 35.8. The Morgan fingerprint density at radius 3 is 2.12 bits per heavy atom. The van der Waals surface area contributed by atoms with Crippen LogP contribution in [-0.4, -0.2) is 80.8 Å². The summed E-state index contributed by atoms with van der Waals surface area (Å²) in [6.07, 6.45) is 2.34. The Morgan fingerprint density at radius 2 is 1.46 bits per heavy atom. The lowest BCUT2D eigenvalue weighted by molar-refractivity contribution is -0.145. The number of amides is 5. The van der Waals surface area contributed by atoms with Crippen LogP contribution in [0.3, 0.4) is 0 Å². The Bertz CT molecular complexity index is 1830. The van der Waals surface area contributed by atoms with Crippen molar-refractivity contribution in [3.63, 3.8) is 0 Å². The lowest BCUT2D eigenvalue weighted by Gasteiger charge is -2.37. The summed E-state index contributed by atoms with van der Waals surface area (Å²) in [6, 6.07) is 22.3. The van der Waals surface area contributed by atoms with Crippen LogP contribution in [0, 0.1) is 0 Å². The normalized spacial score (nSPS) is 17.0. The van der Waals surface area contributed by atoms with Gasteiger partial charge in [0.2, 0.25) is 29.5 Å². The second-order valence-corrected chi connectivity index (χ2v) is 14.5. The van der Waals surface area contributed by atoms with E-state index in [4.69, 9.17) is 11.5 Å². The fourth-order valence-corrected chi connectivity index (χ4v) is 7.39. The van der Waals surface area contributed by atoms with Crippen molar-refractivity contribution in [3.8, 4) is 0 Å². The smallest absolute Gasteiger partial charge is 0.247 e. The Balaban J connectivity index is 1.38. The van der Waals surface area contributed by atoms with E-state index >= 15 is 0 Å². The van der Waals surface area contributed by atoms with Crippen molar-refractivity contribution in [1.29, 1.82) is 0 Å². The maximum Gasteiger partial charge on any atom is 0.247 e. The molecule has 0 unspecified atom stereocenters. The fraction of sp³-hybridized carbons (Fsp3) is 0.324. The minimum atomic E-state index is -1.08. The number of aromatic nitrogens is 1. The summed E-state index contributed by atoms with van der Waals surface area (Å²) < 4.78 is 0. The third-order valence-corrected chi connectivity index (χ3v) is 10.1. The van der Waals surface area contributed by atoms with E-state index in [0.717, 1.165) is 27.6 Å². The fourth-order valence-electron chi connectivity index (χ4n) is 6.17. The van der Waals surface area contributed by atoms with Gasteiger partial charge in [-0.2, -0.15) is 0 Å². The first kappa shape index (κ1) is 36.1. The molecule has 5 amide bonds. The van der Waals surface area contributed by atoms with E-state index in [2.05, 4.69) is 20.9 Å². The van der Waals surface area contributed by atoms with Crippen molar-refractivity contribution in [1.82, 2.24) is 25.8 Å². The Morgan fingerprint density at radius 1 is 0.840 bits per heavy atom. The lowest BCUT2D eigenvalue weighted by atomic mass is 10.0. The molecule has 0 aliphatic carbocycles. The van der Waals surface area contributed by atoms with Gasteiger partial charge in [0.05, 0.1) is 17.5 Å². The van der Waals surface area contributed by atoms with E-state index in [-0.39, 0.29) is 25.0 Å². The number of H-pyrrole nitrogens is 1. The number of aromatic amines is 1. The van der Waals surface area contributed by atoms with Gasteiger partial charge in [0.15, 0.2) is 0 Å². The van der Waals surface area contributed by atoms with Gasteiger partial charge in [0, 0.05) is 35.7 Å². The van der Waals surface area contributed by atoms with E-state index in [0.29, 0.717) is 0 Å². The molecule has 0 saturated carbocycles. The van der Waals surface area contributed by atoms with Crippen molar-refractivity contribution in [2.75, 3.05) is 12.3 Å². The van der Waals surface area contributed by atoms with E-state index in [1.165, 1.54) is 16.7 Å². The van der Waals surface area contributed by atoms with Crippen LogP contribution in [0.5, 0.6) is 0 Å². The molecule has 4 aromatic rings. The molecule has 8 N–H and O–H groups in total. The van der Waals surface area contributed by atoms with Gasteiger partial charge in [-0.05, 0) is 43.0 Å². The molecule has 0 bridgehead atoms. The zero-order valence-corrected chi connectivity index (χ0v) is 28.9. The maximum absolute atomic E-state index is 14.5. The number of carbonyl (C=O) groups is 5. The first-order valence-electron chi connectivity index (χ1n) is 16.4. The lowest BCUT2D eigenvalue weighted by Crippen LogP contribution is -2.61. The molecule has 5 rings (SSSR count). The summed E-state index contributed by atoms with van der Waals surface area (Å²) in [7, 11) is 0. The number of benzene rings is 3. The summed E-state index contributed by atoms with van der Waals surface area (Å²) in [5.74, 6) is -2.54. The number of hydrogen-bond acceptors (Lipinski definition) is 7. The quantitative estimate of drug-likeness (QED) is 0.116. The highest BCUT2D eigenvalue weighted by Gasteiger charge is 2.49. The molecule has 2 heterocycles. The topological polar surface area (TPSA) is 193 Å². The van der Waals surface area contributed by atoms with E-state index in [1.807, 2.05) is 98.8 Å². The van der Waals surface area contributed by atoms with Crippen molar-refractivity contribution in [3.05, 3.63) is 108 Å². The SMILES string of the molecule is CC1(C)SC[C@@H](C(=O)N[C@@H](Cc2c[nH]c3ccccc23)C(=O)NCC(N)=O)N1C(=O)[C@H](Cc1ccccc1)NC(=O)[C@@H](N)Cc1ccccc1. The second-order valence-electron chi connectivity index (χ2n) is 12.8. The molecule has 50 heavy (non-hydrogen) atoms. The van der Waals surface area contributed by atoms with Gasteiger partial charge in [-0.25, -0.2) is 0 Å². The van der Waals surface area contributed by atoms with Crippen LogP contribution in [0.2, 0.25) is 0 Å². The number of para-hydroxylation sites is 1. The number of nitrogens with two attached hydrogens (primary N) is 2. The highest BCUT2D eigenvalue weighted by atomic mass is 32.2. The third kappa shape index (κ3) is 8.90. The maximum atomic E-state index is 14.5. The minimum Gasteiger partial charge on any atom is -0.368 e. The van der Waals surface area contributed by atoms with Gasteiger partial charge in [-0.15, -0.1) is 11.8 Å². The Kier molecular flexibility index (Phi) is 11.6. The van der Waals surface area contributed by atoms with Gasteiger partial charge in [-0.3, -0.25) is 24.0 Å². The van der Waals surface area contributed by atoms with E-state index in [1.54, 1.807) is 6.20 Å². The number of nitrogens with zero attached hydrogens (tertiary/aromatic N) is 1. The molecule has 1 aliphatic heterocycles. The molecule has 4 atom stereocenters. The first-order chi connectivity index (χ1) is 23.9. The number of fused-ring (bicyclic) bond motifs is 1. The minimum absolute atomic E-state index is 0.115. The average molecular weight is 698 g/mol. The summed E-state index contributed by atoms with van der Waals surface area (Å²) in [4.78, 5) is 70.7. The van der Waals surface area contributed by atoms with Crippen LogP contribution in [0.4, 0.5) is 0 Å². The Labute approximate surface area is 295 Å². The van der Waals surface area contributed by atoms with Gasteiger partial charge >= 0.3 is 0 Å². The van der Waals surface area contributed by atoms with Gasteiger partial charge < -0.3 is 37.3 Å². The highest BCUT2D eigenvalue weighted by Crippen LogP contribution is 2.39. The molecule has 13 heteroatoms. The molecule has 3 aromatic carbocycles. The average Bonchev–Trinajstić information content (AvgIpc) is 3.66. The van der Waals surface area contributed by atoms with Crippen LogP contribution < -0.4 is 27.4 Å². The molecule has 1 fully saturated rings. The van der Waals surface area contributed by atoms with Crippen LogP contribution in [0.25, 0.3) is 10.9 Å². The second kappa shape index (κ2) is 16.0. The summed E-state index contributed by atoms with van der Waals surface area (Å²) in [5, 5.41) is 9.12. The van der Waals surface area contributed by atoms with Gasteiger partial charge in [-0.1, -0.05) is 78.9 Å². The predicted octanol–water partition coefficient (Wildman–Crippen LogP) is 1.77. The number of nitrogens with one attached hydrogen (secondary N) is 4. The van der Waals surface area contributed by atoms with E-state index in [9.17, 15) is 24.0 Å². The standard InChI is InChI=1S/C37H43N7O5S/c1-37(2)44(36(49)30(18-24-13-7-4-8-14-24)43-33(46)27(38)17-23-11-5-3-6-12-23)31(22-50-37)35(48)42-29(34(47)41-21-32(39)45)19-25-20-40-28-16-10-9-15-26(25)28/h3-16,20,27,29-31,40H,17-19,21-22,38H2,1-2H3,(H2,39,45)(H,41,47)(H,42,48)(H,43,46)/t27-,29-,30-,31-/m0/s1. The molecule has 1 saturated heterocycles. The van der Waals surface area contributed by atoms with Crippen molar-refractivity contribution in [2.24, 2.45) is 11.5 Å². The van der Waals surface area contributed by atoms with Crippen molar-refractivity contribution >= 4 is 52.2 Å². The monoisotopic (exact) mass is 697 g/mol.